The number of carbonyl (C=O) groups is 3. The van der Waals surface area contributed by atoms with Crippen LogP contribution in [0.25, 0.3) is 0 Å². The number of ether oxygens (including phenoxy) is 2. The van der Waals surface area contributed by atoms with Crippen LogP contribution in [0.5, 0.6) is 0 Å². The van der Waals surface area contributed by atoms with Gasteiger partial charge in [-0.25, -0.2) is 0 Å². The average Bonchev–Trinajstić information content (AvgIpc) is 1.45. The molecule has 0 amide bonds. The number of hydrogen-bond donors (Lipinski definition) is 9. The Balaban J connectivity index is 0.000000158. The number of aliphatic hydroxyl groups is 3. The molecule has 39 atom stereocenters. The van der Waals surface area contributed by atoms with Crippen molar-refractivity contribution in [3.05, 3.63) is 0 Å². The van der Waals surface area contributed by atoms with E-state index < -0.39 is 0 Å². The minimum Gasteiger partial charge on any atom is -0.462 e. The third-order valence-corrected chi connectivity index (χ3v) is 47.5. The number of esters is 2. The summed E-state index contributed by atoms with van der Waals surface area (Å²) in [7, 11) is 0. The quantitative estimate of drug-likeness (QED) is 0.0205. The van der Waals surface area contributed by atoms with Crippen molar-refractivity contribution >= 4 is 17.7 Å². The molecule has 16 rings (SSSR count). The molecule has 0 bridgehead atoms. The summed E-state index contributed by atoms with van der Waals surface area (Å²) in [5.74, 6) is 20.0. The van der Waals surface area contributed by atoms with E-state index in [0.29, 0.717) is 133 Å². The van der Waals surface area contributed by atoms with Crippen LogP contribution in [-0.4, -0.2) is 128 Å². The van der Waals surface area contributed by atoms with Gasteiger partial charge in [-0.2, -0.15) is 0 Å². The molecule has 16 saturated carbocycles. The standard InChI is InChI=1S/2C34H65N3O.C29H50O3.C29H48O3/c2*1-24(2)10-8-11-25(3)28-12-13-29-32-30(15-17-34(28,29)5)33(4)16-14-27(22-26(33)23-31(32)38)37-21-9-20-36-19-7-6-18-35;2*1-18(2)8-7-9-19(3)23-10-11-24-27-25(13-15-29(23,24)6)28(5)14-12-22(31)16-21(28)17-26(27)32-20(4)30/h2*24-32,36-38H,6-23,35H2,1-5H3;18-19,21-27,31H,7-17H2,1-6H3;18-19,21,23-27H,7-17H2,1-6H3/t25?,26-,27+,28-,29?,30?,31-,32?,33+,34-;25?,26-,27-,28-,29?,30?,31-,32?,33+,34-;19?,21-,22+,23-,24?,25?,26-,27?,28+,29-;19?,21-,23-,24?,25?,26-,27?,28+,29-/m1111/s1. The maximum absolute atomic E-state index is 12.3. The van der Waals surface area contributed by atoms with E-state index in [1.54, 1.807) is 13.8 Å². The van der Waals surface area contributed by atoms with Gasteiger partial charge < -0.3 is 57.5 Å². The van der Waals surface area contributed by atoms with Crippen LogP contribution in [0.3, 0.4) is 0 Å². The van der Waals surface area contributed by atoms with E-state index in [2.05, 4.69) is 160 Å². The lowest BCUT2D eigenvalue weighted by molar-refractivity contribution is -0.194. The summed E-state index contributed by atoms with van der Waals surface area (Å²) in [5, 5.41) is 48.8. The van der Waals surface area contributed by atoms with Crippen LogP contribution < -0.4 is 32.7 Å². The molecule has 11 N–H and O–H groups in total. The molecule has 0 heterocycles. The second-order valence-electron chi connectivity index (χ2n) is 57.2. The molecule has 0 spiro atoms. The molecule has 0 aromatic heterocycles. The number of Topliss-reactive ketones (excluding diaryl/α,β-unsaturated/α-hetero) is 1. The molecule has 16 aliphatic rings. The van der Waals surface area contributed by atoms with Crippen molar-refractivity contribution in [2.24, 2.45) is 220 Å². The van der Waals surface area contributed by atoms with Crippen LogP contribution in [0.1, 0.15) is 473 Å². The summed E-state index contributed by atoms with van der Waals surface area (Å²) in [5.41, 5.74) is 14.3. The second kappa shape index (κ2) is 50.7. The van der Waals surface area contributed by atoms with Crippen molar-refractivity contribution in [2.75, 3.05) is 52.4 Å². The summed E-state index contributed by atoms with van der Waals surface area (Å²) in [6.45, 7) is 61.2. The monoisotopic (exact) mass is 1950 g/mol. The normalized spacial score (nSPS) is 43.4. The van der Waals surface area contributed by atoms with Crippen molar-refractivity contribution in [1.29, 1.82) is 0 Å². The van der Waals surface area contributed by atoms with E-state index >= 15 is 0 Å². The van der Waals surface area contributed by atoms with E-state index in [0.717, 1.165) is 218 Å². The average molecular weight is 1960 g/mol. The highest BCUT2D eigenvalue weighted by Crippen LogP contribution is 2.75. The van der Waals surface area contributed by atoms with Crippen LogP contribution >= 0.6 is 0 Å². The molecule has 0 aromatic rings. The molecule has 14 nitrogen and oxygen atoms in total. The molecular weight excluding hydrogens is 1730 g/mol. The third-order valence-electron chi connectivity index (χ3n) is 47.5. The fourth-order valence-corrected chi connectivity index (χ4v) is 39.8. The van der Waals surface area contributed by atoms with E-state index in [1.807, 2.05) is 0 Å². The minimum absolute atomic E-state index is 0.0149. The van der Waals surface area contributed by atoms with Crippen LogP contribution in [0.15, 0.2) is 0 Å². The molecule has 0 saturated heterocycles. The molecule has 0 aliphatic heterocycles. The van der Waals surface area contributed by atoms with Crippen molar-refractivity contribution < 1.29 is 39.2 Å². The molecular formula is C126H228N6O8. The van der Waals surface area contributed by atoms with Gasteiger partial charge in [-0.1, -0.05) is 216 Å². The summed E-state index contributed by atoms with van der Waals surface area (Å²) in [4.78, 5) is 36.6. The Bertz CT molecular complexity index is 3640. The fraction of sp³-hybridized carbons (Fsp3) is 0.976. The molecule has 0 radical (unpaired) electrons. The maximum Gasteiger partial charge on any atom is 0.302 e. The smallest absolute Gasteiger partial charge is 0.302 e. The zero-order chi connectivity index (χ0) is 101. The lowest BCUT2D eigenvalue weighted by Crippen LogP contribution is -2.59. The van der Waals surface area contributed by atoms with Gasteiger partial charge in [0, 0.05) is 50.6 Å². The molecule has 16 aliphatic carbocycles. The zero-order valence-electron chi connectivity index (χ0n) is 95.3. The summed E-state index contributed by atoms with van der Waals surface area (Å²) < 4.78 is 12.2. The number of hydrogen-bond acceptors (Lipinski definition) is 14. The number of aliphatic hydroxyl groups excluding tert-OH is 3. The lowest BCUT2D eigenvalue weighted by Gasteiger charge is -2.62. The Labute approximate surface area is 861 Å². The van der Waals surface area contributed by atoms with Crippen LogP contribution in [0.4, 0.5) is 0 Å². The molecule has 810 valence electrons. The van der Waals surface area contributed by atoms with Gasteiger partial charge in [0.15, 0.2) is 0 Å². The second-order valence-corrected chi connectivity index (χ2v) is 57.2. The Morgan fingerprint density at radius 3 is 0.950 bits per heavy atom. The highest BCUT2D eigenvalue weighted by molar-refractivity contribution is 5.79. The molecule has 16 fully saturated rings. The molecule has 140 heavy (non-hydrogen) atoms. The topological polar surface area (TPSA) is 231 Å². The number of nitrogens with two attached hydrogens (primary N) is 2. The van der Waals surface area contributed by atoms with Crippen LogP contribution in [0.2, 0.25) is 0 Å². The summed E-state index contributed by atoms with van der Waals surface area (Å²) >= 11 is 0. The van der Waals surface area contributed by atoms with Gasteiger partial charge in [-0.05, 0) is 481 Å². The van der Waals surface area contributed by atoms with Crippen LogP contribution in [0, 0.1) is 209 Å². The summed E-state index contributed by atoms with van der Waals surface area (Å²) in [6, 6.07) is 1.29. The van der Waals surface area contributed by atoms with Gasteiger partial charge >= 0.3 is 11.9 Å². The largest absolute Gasteiger partial charge is 0.462 e. The van der Waals surface area contributed by atoms with Crippen molar-refractivity contribution in [1.82, 2.24) is 21.3 Å². The Morgan fingerprint density at radius 2 is 0.614 bits per heavy atom. The number of unbranched alkanes of at least 4 members (excludes halogenated alkanes) is 2. The van der Waals surface area contributed by atoms with Crippen molar-refractivity contribution in [3.8, 4) is 0 Å². The fourth-order valence-electron chi connectivity index (χ4n) is 39.8. The van der Waals surface area contributed by atoms with Gasteiger partial charge in [0.25, 0.3) is 0 Å². The first-order valence-corrected chi connectivity index (χ1v) is 61.7. The molecule has 14 heteroatoms. The van der Waals surface area contributed by atoms with Gasteiger partial charge in [0.05, 0.1) is 18.3 Å². The Kier molecular flexibility index (Phi) is 41.7. The predicted molar refractivity (Wildman–Crippen MR) is 583 cm³/mol. The number of nitrogens with one attached hydrogen (secondary N) is 4. The highest BCUT2D eigenvalue weighted by atomic mass is 16.5. The predicted octanol–water partition coefficient (Wildman–Crippen LogP) is 27.7. The van der Waals surface area contributed by atoms with E-state index in [1.165, 1.54) is 244 Å². The van der Waals surface area contributed by atoms with Gasteiger partial charge in [0.1, 0.15) is 18.0 Å². The summed E-state index contributed by atoms with van der Waals surface area (Å²) in [6.07, 6.45) is 62.3. The third kappa shape index (κ3) is 25.9. The van der Waals surface area contributed by atoms with Crippen molar-refractivity contribution in [2.45, 2.75) is 516 Å². The van der Waals surface area contributed by atoms with E-state index in [9.17, 15) is 29.7 Å². The first kappa shape index (κ1) is 115. The zero-order valence-corrected chi connectivity index (χ0v) is 95.3. The number of fused-ring (bicyclic) bond motifs is 20. The lowest BCUT2D eigenvalue weighted by atomic mass is 9.43. The maximum atomic E-state index is 12.3. The number of ketones is 1. The van der Waals surface area contributed by atoms with Gasteiger partial charge in [-0.3, -0.25) is 14.4 Å². The first-order chi connectivity index (χ1) is 66.5. The Morgan fingerprint density at radius 1 is 0.321 bits per heavy atom. The molecule has 0 aromatic carbocycles. The first-order valence-electron chi connectivity index (χ1n) is 61.7. The van der Waals surface area contributed by atoms with Gasteiger partial charge in [0.2, 0.25) is 0 Å². The molecule has 16 unspecified atom stereocenters. The van der Waals surface area contributed by atoms with Gasteiger partial charge in [-0.15, -0.1) is 0 Å². The highest BCUT2D eigenvalue weighted by Gasteiger charge is 2.69. The van der Waals surface area contributed by atoms with E-state index in [-0.39, 0.29) is 47.9 Å². The SMILES string of the molecule is CC(=O)O[C@@H]1C[C@H]2CC(=O)CC[C@]2(C)C2CC[C@@]3(C)C(CC[C@@H]3C(C)CCCC(C)C)C21.CC(=O)O[C@@H]1C[C@H]2C[C@@H](O)CC[C@]2(C)C2CC[C@@]3(C)C(CC[C@@H]3C(C)CCCC(C)C)C21.CC(C)CCCC(C)[C@H]1CCC2C3C(CC[C@@]21C)[C@@]1(C)CC[C@@H](NCCCNCCCCN)C[C@@H]1C[C@H]3O.CC(C)CCCC(C)[C@H]1CCC2C3C(CC[C@@]21C)[C@@]1(C)CC[C@H](NCCCNCCCCN)C[C@@H]1C[C@H]3O. The van der Waals surface area contributed by atoms with Crippen molar-refractivity contribution in [3.63, 3.8) is 0 Å². The van der Waals surface area contributed by atoms with Crippen LogP contribution in [-0.2, 0) is 23.9 Å². The number of rotatable bonds is 40. The Hall–Kier alpha value is -1.75. The minimum atomic E-state index is -0.168. The number of carbonyl (C=O) groups excluding carboxylic acids is 3. The van der Waals surface area contributed by atoms with E-state index in [4.69, 9.17) is 20.9 Å².